The molecule has 0 radical (unpaired) electrons. The highest BCUT2D eigenvalue weighted by Crippen LogP contribution is 2.32. The number of ether oxygens (including phenoxy) is 1. The molecule has 0 atom stereocenters. The first-order valence-electron chi connectivity index (χ1n) is 7.85. The largest absolute Gasteiger partial charge is 0.490 e. The summed E-state index contributed by atoms with van der Waals surface area (Å²) in [4.78, 5) is 9.51. The van der Waals surface area contributed by atoms with Gasteiger partial charge in [-0.2, -0.15) is 13.2 Å². The molecule has 0 bridgehead atoms. The standard InChI is InChI=1S/C16H13ClF4N2O5S/c17-12-4-3-11(23(24)25)9-15(12)29(26,27)22-6-1-7-28-14-5-2-10(8-13(14)18)16(19,20)21/h2-5,8-9,22H,1,6-7H2. The number of nitrogens with zero attached hydrogens (tertiary/aromatic N) is 1. The van der Waals surface area contributed by atoms with Gasteiger partial charge < -0.3 is 4.74 Å². The first-order chi connectivity index (χ1) is 13.4. The molecule has 0 unspecified atom stereocenters. The van der Waals surface area contributed by atoms with Gasteiger partial charge >= 0.3 is 6.18 Å². The molecule has 13 heteroatoms. The first-order valence-corrected chi connectivity index (χ1v) is 9.71. The molecule has 0 fully saturated rings. The van der Waals surface area contributed by atoms with Crippen LogP contribution in [0.4, 0.5) is 23.2 Å². The molecule has 158 valence electrons. The Labute approximate surface area is 167 Å². The predicted octanol–water partition coefficient (Wildman–Crippen LogP) is 4.15. The van der Waals surface area contributed by atoms with Crippen molar-refractivity contribution in [3.63, 3.8) is 0 Å². The molecule has 0 saturated carbocycles. The number of nitrogens with one attached hydrogen (secondary N) is 1. The summed E-state index contributed by atoms with van der Waals surface area (Å²) < 4.78 is 82.7. The summed E-state index contributed by atoms with van der Waals surface area (Å²) >= 11 is 5.78. The lowest BCUT2D eigenvalue weighted by molar-refractivity contribution is -0.385. The third-order valence-electron chi connectivity index (χ3n) is 3.55. The summed E-state index contributed by atoms with van der Waals surface area (Å²) in [5.74, 6) is -1.62. The maximum atomic E-state index is 13.6. The Kier molecular flexibility index (Phi) is 7.03. The number of hydrogen-bond donors (Lipinski definition) is 1. The minimum atomic E-state index is -4.69. The molecule has 0 aliphatic heterocycles. The van der Waals surface area contributed by atoms with E-state index in [0.717, 1.165) is 24.3 Å². The van der Waals surface area contributed by atoms with E-state index < -0.39 is 48.8 Å². The Hall–Kier alpha value is -2.44. The molecule has 2 aromatic carbocycles. The lowest BCUT2D eigenvalue weighted by atomic mass is 10.2. The Balaban J connectivity index is 1.92. The molecule has 0 heterocycles. The molecule has 0 aliphatic rings. The summed E-state index contributed by atoms with van der Waals surface area (Å²) in [5, 5.41) is 10.5. The summed E-state index contributed by atoms with van der Waals surface area (Å²) in [6.07, 6.45) is -4.66. The van der Waals surface area contributed by atoms with Gasteiger partial charge in [0.15, 0.2) is 11.6 Å². The minimum Gasteiger partial charge on any atom is -0.490 e. The van der Waals surface area contributed by atoms with Crippen LogP contribution in [0.3, 0.4) is 0 Å². The number of nitro benzene ring substituents is 1. The van der Waals surface area contributed by atoms with Gasteiger partial charge in [-0.05, 0) is 30.7 Å². The third kappa shape index (κ3) is 6.02. The summed E-state index contributed by atoms with van der Waals surface area (Å²) in [5.41, 5.74) is -1.63. The van der Waals surface area contributed by atoms with Crippen LogP contribution in [0.25, 0.3) is 0 Å². The molecule has 0 saturated heterocycles. The van der Waals surface area contributed by atoms with Crippen LogP contribution in [0.1, 0.15) is 12.0 Å². The summed E-state index contributed by atoms with van der Waals surface area (Å²) in [6.45, 7) is -0.392. The second-order valence-corrected chi connectivity index (χ2v) is 7.76. The number of sulfonamides is 1. The van der Waals surface area contributed by atoms with Gasteiger partial charge in [-0.25, -0.2) is 17.5 Å². The van der Waals surface area contributed by atoms with Gasteiger partial charge in [-0.15, -0.1) is 0 Å². The van der Waals surface area contributed by atoms with E-state index in [4.69, 9.17) is 16.3 Å². The fourth-order valence-electron chi connectivity index (χ4n) is 2.14. The maximum absolute atomic E-state index is 13.6. The summed E-state index contributed by atoms with van der Waals surface area (Å²) in [7, 11) is -4.16. The van der Waals surface area contributed by atoms with Crippen LogP contribution in [0.15, 0.2) is 41.3 Å². The van der Waals surface area contributed by atoms with Crippen LogP contribution in [-0.2, 0) is 16.2 Å². The molecule has 7 nitrogen and oxygen atoms in total. The quantitative estimate of drug-likeness (QED) is 0.278. The fourth-order valence-corrected chi connectivity index (χ4v) is 3.74. The van der Waals surface area contributed by atoms with E-state index >= 15 is 0 Å². The average molecular weight is 457 g/mol. The molecule has 29 heavy (non-hydrogen) atoms. The van der Waals surface area contributed by atoms with Crippen LogP contribution in [0, 0.1) is 15.9 Å². The number of halogens is 5. The molecule has 1 N–H and O–H groups in total. The Morgan fingerprint density at radius 1 is 1.17 bits per heavy atom. The van der Waals surface area contributed by atoms with Crippen molar-refractivity contribution < 1.29 is 35.6 Å². The van der Waals surface area contributed by atoms with Crippen molar-refractivity contribution in [1.82, 2.24) is 4.72 Å². The van der Waals surface area contributed by atoms with Crippen molar-refractivity contribution in [2.24, 2.45) is 0 Å². The molecule has 0 spiro atoms. The van der Waals surface area contributed by atoms with E-state index in [1.165, 1.54) is 0 Å². The average Bonchev–Trinajstić information content (AvgIpc) is 2.61. The summed E-state index contributed by atoms with van der Waals surface area (Å²) in [6, 6.07) is 4.70. The van der Waals surface area contributed by atoms with Crippen molar-refractivity contribution in [3.8, 4) is 5.75 Å². The fraction of sp³-hybridized carbons (Fsp3) is 0.250. The number of benzene rings is 2. The van der Waals surface area contributed by atoms with Gasteiger partial charge in [0.1, 0.15) is 4.90 Å². The van der Waals surface area contributed by atoms with Crippen molar-refractivity contribution in [1.29, 1.82) is 0 Å². The SMILES string of the molecule is O=[N+]([O-])c1ccc(Cl)c(S(=O)(=O)NCCCOc2ccc(C(F)(F)F)cc2F)c1. The van der Waals surface area contributed by atoms with Gasteiger partial charge in [-0.3, -0.25) is 10.1 Å². The van der Waals surface area contributed by atoms with Crippen molar-refractivity contribution >= 4 is 27.3 Å². The molecular formula is C16H13ClF4N2O5S. The van der Waals surface area contributed by atoms with Crippen LogP contribution >= 0.6 is 11.6 Å². The van der Waals surface area contributed by atoms with Gasteiger partial charge in [0.2, 0.25) is 10.0 Å². The van der Waals surface area contributed by atoms with Gasteiger partial charge in [0.05, 0.1) is 22.1 Å². The van der Waals surface area contributed by atoms with E-state index in [2.05, 4.69) is 4.72 Å². The highest BCUT2D eigenvalue weighted by atomic mass is 35.5. The number of nitro groups is 1. The molecule has 2 rings (SSSR count). The molecule has 0 amide bonds. The van der Waals surface area contributed by atoms with E-state index in [1.54, 1.807) is 0 Å². The van der Waals surface area contributed by atoms with Crippen LogP contribution in [-0.4, -0.2) is 26.5 Å². The zero-order valence-electron chi connectivity index (χ0n) is 14.4. The molecule has 0 aliphatic carbocycles. The minimum absolute atomic E-state index is 0.0340. The van der Waals surface area contributed by atoms with Gasteiger partial charge in [-0.1, -0.05) is 11.6 Å². The zero-order chi connectivity index (χ0) is 21.8. The third-order valence-corrected chi connectivity index (χ3v) is 5.49. The van der Waals surface area contributed by atoms with Crippen molar-refractivity contribution in [2.45, 2.75) is 17.5 Å². The normalized spacial score (nSPS) is 12.0. The molecule has 0 aromatic heterocycles. The highest BCUT2D eigenvalue weighted by molar-refractivity contribution is 7.89. The van der Waals surface area contributed by atoms with E-state index in [-0.39, 0.29) is 24.6 Å². The topological polar surface area (TPSA) is 98.5 Å². The Bertz CT molecular complexity index is 1010. The van der Waals surface area contributed by atoms with Gasteiger partial charge in [0.25, 0.3) is 5.69 Å². The van der Waals surface area contributed by atoms with Gasteiger partial charge in [0, 0.05) is 18.7 Å². The molecule has 2 aromatic rings. The van der Waals surface area contributed by atoms with E-state index in [1.807, 2.05) is 0 Å². The zero-order valence-corrected chi connectivity index (χ0v) is 15.9. The van der Waals surface area contributed by atoms with Crippen molar-refractivity contribution in [2.75, 3.05) is 13.2 Å². The monoisotopic (exact) mass is 456 g/mol. The first kappa shape index (κ1) is 22.8. The van der Waals surface area contributed by atoms with E-state index in [0.29, 0.717) is 12.1 Å². The number of non-ortho nitro benzene ring substituents is 1. The van der Waals surface area contributed by atoms with E-state index in [9.17, 15) is 36.1 Å². The second-order valence-electron chi connectivity index (χ2n) is 5.61. The lowest BCUT2D eigenvalue weighted by Gasteiger charge is -2.11. The maximum Gasteiger partial charge on any atom is 0.416 e. The van der Waals surface area contributed by atoms with Crippen LogP contribution in [0.2, 0.25) is 5.02 Å². The predicted molar refractivity (Wildman–Crippen MR) is 94.8 cm³/mol. The lowest BCUT2D eigenvalue weighted by Crippen LogP contribution is -2.26. The number of hydrogen-bond acceptors (Lipinski definition) is 5. The van der Waals surface area contributed by atoms with Crippen LogP contribution in [0.5, 0.6) is 5.75 Å². The Morgan fingerprint density at radius 3 is 2.45 bits per heavy atom. The van der Waals surface area contributed by atoms with Crippen LogP contribution < -0.4 is 9.46 Å². The highest BCUT2D eigenvalue weighted by Gasteiger charge is 2.31. The van der Waals surface area contributed by atoms with Crippen molar-refractivity contribution in [3.05, 3.63) is 62.9 Å². The second kappa shape index (κ2) is 8.93. The smallest absolute Gasteiger partial charge is 0.416 e. The molecular weight excluding hydrogens is 444 g/mol. The Morgan fingerprint density at radius 2 is 1.86 bits per heavy atom. The number of alkyl halides is 3. The number of rotatable bonds is 8.